The Morgan fingerprint density at radius 2 is 1.79 bits per heavy atom. The van der Waals surface area contributed by atoms with Crippen molar-refractivity contribution in [2.24, 2.45) is 0 Å². The first-order valence-corrected chi connectivity index (χ1v) is 7.25. The first-order chi connectivity index (χ1) is 9.23. The second-order valence-electron chi connectivity index (χ2n) is 5.22. The fraction of sp³-hybridized carbons (Fsp3) is 0.235. The van der Waals surface area contributed by atoms with Crippen molar-refractivity contribution in [2.45, 2.75) is 24.2 Å². The van der Waals surface area contributed by atoms with Gasteiger partial charge in [-0.1, -0.05) is 58.4 Å². The average molecular weight is 312 g/mol. The second kappa shape index (κ2) is 4.83. The van der Waals surface area contributed by atoms with E-state index in [1.165, 1.54) is 5.56 Å². The summed E-state index contributed by atoms with van der Waals surface area (Å²) in [4.78, 5) is 0. The third-order valence-corrected chi connectivity index (χ3v) is 4.55. The normalized spacial score (nSPS) is 25.4. The summed E-state index contributed by atoms with van der Waals surface area (Å²) in [6.45, 7) is 0. The van der Waals surface area contributed by atoms with E-state index in [-0.39, 0.29) is 5.41 Å². The minimum absolute atomic E-state index is 0.301. The van der Waals surface area contributed by atoms with Gasteiger partial charge >= 0.3 is 0 Å². The fourth-order valence-corrected chi connectivity index (χ4v) is 3.32. The Hall–Kier alpha value is -1.59. The van der Waals surface area contributed by atoms with Crippen molar-refractivity contribution in [3.05, 3.63) is 70.2 Å². The molecule has 1 nitrogen and oxygen atoms in total. The Morgan fingerprint density at radius 1 is 1.05 bits per heavy atom. The molecule has 0 heterocycles. The molecule has 94 valence electrons. The van der Waals surface area contributed by atoms with Crippen molar-refractivity contribution in [1.82, 2.24) is 0 Å². The molecule has 0 radical (unpaired) electrons. The van der Waals surface area contributed by atoms with Crippen LogP contribution in [0.15, 0.2) is 59.1 Å². The van der Waals surface area contributed by atoms with E-state index in [0.29, 0.717) is 5.92 Å². The fourth-order valence-electron chi connectivity index (χ4n) is 2.92. The van der Waals surface area contributed by atoms with Gasteiger partial charge in [-0.3, -0.25) is 0 Å². The highest BCUT2D eigenvalue weighted by Gasteiger charge is 2.46. The molecule has 0 aliphatic heterocycles. The monoisotopic (exact) mass is 311 g/mol. The second-order valence-corrected chi connectivity index (χ2v) is 6.14. The summed E-state index contributed by atoms with van der Waals surface area (Å²) in [5, 5.41) is 9.58. The molecule has 0 bridgehead atoms. The first kappa shape index (κ1) is 12.4. The Kier molecular flexibility index (Phi) is 3.16. The predicted molar refractivity (Wildman–Crippen MR) is 79.9 cm³/mol. The molecule has 1 saturated carbocycles. The lowest BCUT2D eigenvalue weighted by molar-refractivity contribution is 0.269. The smallest absolute Gasteiger partial charge is 0.0834 e. The van der Waals surface area contributed by atoms with Crippen LogP contribution in [0.2, 0.25) is 0 Å². The summed E-state index contributed by atoms with van der Waals surface area (Å²) in [5.74, 6) is 0.514. The van der Waals surface area contributed by atoms with Gasteiger partial charge in [0.1, 0.15) is 0 Å². The van der Waals surface area contributed by atoms with Crippen molar-refractivity contribution in [3.63, 3.8) is 0 Å². The summed E-state index contributed by atoms with van der Waals surface area (Å²) >= 11 is 3.49. The third kappa shape index (κ3) is 2.19. The SMILES string of the molecule is N#CC1(c2cccc(Br)c2)CC(c2ccccc2)C1. The van der Waals surface area contributed by atoms with Crippen LogP contribution in [-0.2, 0) is 5.41 Å². The van der Waals surface area contributed by atoms with Crippen LogP contribution in [-0.4, -0.2) is 0 Å². The zero-order valence-corrected chi connectivity index (χ0v) is 12.1. The highest BCUT2D eigenvalue weighted by molar-refractivity contribution is 9.10. The molecule has 0 saturated heterocycles. The average Bonchev–Trinajstić information content (AvgIpc) is 2.40. The van der Waals surface area contributed by atoms with Crippen LogP contribution in [0.4, 0.5) is 0 Å². The molecule has 2 heteroatoms. The topological polar surface area (TPSA) is 23.8 Å². The van der Waals surface area contributed by atoms with Gasteiger partial charge in [0.05, 0.1) is 11.5 Å². The van der Waals surface area contributed by atoms with Gasteiger partial charge in [-0.05, 0) is 42.0 Å². The molecule has 1 fully saturated rings. The molecule has 0 N–H and O–H groups in total. The van der Waals surface area contributed by atoms with Crippen LogP contribution in [0.3, 0.4) is 0 Å². The Labute approximate surface area is 122 Å². The van der Waals surface area contributed by atoms with Gasteiger partial charge in [0.2, 0.25) is 0 Å². The summed E-state index contributed by atoms with van der Waals surface area (Å²) in [6.07, 6.45) is 1.84. The first-order valence-electron chi connectivity index (χ1n) is 6.46. The molecular formula is C17H14BrN. The van der Waals surface area contributed by atoms with Crippen molar-refractivity contribution in [2.75, 3.05) is 0 Å². The van der Waals surface area contributed by atoms with Crippen molar-refractivity contribution >= 4 is 15.9 Å². The zero-order valence-electron chi connectivity index (χ0n) is 10.5. The Balaban J connectivity index is 1.85. The molecule has 3 rings (SSSR count). The van der Waals surface area contributed by atoms with Gasteiger partial charge in [0.25, 0.3) is 0 Å². The number of halogens is 1. The molecule has 0 amide bonds. The van der Waals surface area contributed by atoms with Gasteiger partial charge in [-0.2, -0.15) is 5.26 Å². The number of nitrogens with zero attached hydrogens (tertiary/aromatic N) is 1. The van der Waals surface area contributed by atoms with E-state index in [1.807, 2.05) is 18.2 Å². The van der Waals surface area contributed by atoms with E-state index in [0.717, 1.165) is 22.9 Å². The molecule has 0 spiro atoms. The van der Waals surface area contributed by atoms with Crippen LogP contribution >= 0.6 is 15.9 Å². The number of rotatable bonds is 2. The van der Waals surface area contributed by atoms with E-state index in [1.54, 1.807) is 0 Å². The van der Waals surface area contributed by atoms with Crippen LogP contribution in [0.5, 0.6) is 0 Å². The quantitative estimate of drug-likeness (QED) is 0.782. The lowest BCUT2D eigenvalue weighted by Crippen LogP contribution is -2.38. The Bertz CT molecular complexity index is 621. The van der Waals surface area contributed by atoms with Gasteiger partial charge in [-0.15, -0.1) is 0 Å². The maximum atomic E-state index is 9.58. The lowest BCUT2D eigenvalue weighted by Gasteiger charge is -2.43. The highest BCUT2D eigenvalue weighted by atomic mass is 79.9. The molecule has 2 aromatic carbocycles. The lowest BCUT2D eigenvalue weighted by atomic mass is 9.58. The molecular weight excluding hydrogens is 298 g/mol. The van der Waals surface area contributed by atoms with E-state index in [2.05, 4.69) is 58.4 Å². The third-order valence-electron chi connectivity index (χ3n) is 4.05. The molecule has 19 heavy (non-hydrogen) atoms. The summed E-state index contributed by atoms with van der Waals surface area (Å²) in [7, 11) is 0. The van der Waals surface area contributed by atoms with Crippen LogP contribution < -0.4 is 0 Å². The van der Waals surface area contributed by atoms with Gasteiger partial charge in [-0.25, -0.2) is 0 Å². The molecule has 1 aliphatic rings. The van der Waals surface area contributed by atoms with E-state index in [4.69, 9.17) is 0 Å². The maximum Gasteiger partial charge on any atom is 0.0834 e. The molecule has 0 aromatic heterocycles. The van der Waals surface area contributed by atoms with Crippen LogP contribution in [0, 0.1) is 11.3 Å². The summed E-state index contributed by atoms with van der Waals surface area (Å²) < 4.78 is 1.04. The van der Waals surface area contributed by atoms with Gasteiger partial charge in [0.15, 0.2) is 0 Å². The van der Waals surface area contributed by atoms with Crippen LogP contribution in [0.25, 0.3) is 0 Å². The summed E-state index contributed by atoms with van der Waals surface area (Å²) in [6, 6.07) is 21.2. The largest absolute Gasteiger partial charge is 0.197 e. The molecule has 2 aromatic rings. The molecule has 0 unspecified atom stereocenters. The van der Waals surface area contributed by atoms with E-state index < -0.39 is 0 Å². The van der Waals surface area contributed by atoms with Crippen molar-refractivity contribution in [3.8, 4) is 6.07 Å². The van der Waals surface area contributed by atoms with Crippen LogP contribution in [0.1, 0.15) is 29.9 Å². The Morgan fingerprint density at radius 3 is 2.42 bits per heavy atom. The predicted octanol–water partition coefficient (Wildman–Crippen LogP) is 4.79. The van der Waals surface area contributed by atoms with Gasteiger partial charge < -0.3 is 0 Å². The van der Waals surface area contributed by atoms with Crippen molar-refractivity contribution < 1.29 is 0 Å². The van der Waals surface area contributed by atoms with E-state index >= 15 is 0 Å². The molecule has 0 atom stereocenters. The minimum atomic E-state index is -0.301. The number of nitriles is 1. The van der Waals surface area contributed by atoms with E-state index in [9.17, 15) is 5.26 Å². The molecule has 1 aliphatic carbocycles. The highest BCUT2D eigenvalue weighted by Crippen LogP contribution is 2.52. The number of benzene rings is 2. The number of hydrogen-bond acceptors (Lipinski definition) is 1. The zero-order chi connectivity index (χ0) is 13.3. The summed E-state index contributed by atoms with van der Waals surface area (Å²) in [5.41, 5.74) is 2.18. The number of hydrogen-bond donors (Lipinski definition) is 0. The maximum absolute atomic E-state index is 9.58. The van der Waals surface area contributed by atoms with Crippen molar-refractivity contribution in [1.29, 1.82) is 5.26 Å². The standard InChI is InChI=1S/C17H14BrN/c18-16-8-4-7-15(9-16)17(12-19)10-14(11-17)13-5-2-1-3-6-13/h1-9,14H,10-11H2. The van der Waals surface area contributed by atoms with Gasteiger partial charge in [0, 0.05) is 4.47 Å². The minimum Gasteiger partial charge on any atom is -0.197 e.